The third kappa shape index (κ3) is 4.54. The fourth-order valence-electron chi connectivity index (χ4n) is 3.77. The van der Waals surface area contributed by atoms with Crippen LogP contribution in [0.2, 0.25) is 0 Å². The second-order valence-electron chi connectivity index (χ2n) is 7.74. The Bertz CT molecular complexity index is 1370. The van der Waals surface area contributed by atoms with Gasteiger partial charge in [0.2, 0.25) is 0 Å². The van der Waals surface area contributed by atoms with Gasteiger partial charge in [0.05, 0.1) is 31.0 Å². The zero-order valence-corrected chi connectivity index (χ0v) is 18.3. The topological polar surface area (TPSA) is 102 Å². The number of hydroxylamine groups is 1. The number of aliphatic hydroxyl groups is 1. The molecular formula is C24H20F2N6O3. The standard InChI is InChI=1S/C24H20F2N6O3/c25-18-11-17(12-19(26)23(18)24(34)29-35-9-8-33)31-7-5-21-22(14-31)32(30-28-21)13-15-3-4-20-16(10-15)2-1-6-27-20/h1-7,10-12,14,30,33H,8-9,13H2,(H,29,34). The number of benzene rings is 2. The Balaban J connectivity index is 1.36. The van der Waals surface area contributed by atoms with Crippen molar-refractivity contribution >= 4 is 28.2 Å². The van der Waals surface area contributed by atoms with Crippen LogP contribution in [0.15, 0.2) is 77.9 Å². The Morgan fingerprint density at radius 2 is 2.00 bits per heavy atom. The Morgan fingerprint density at radius 1 is 1.17 bits per heavy atom. The van der Waals surface area contributed by atoms with Gasteiger partial charge in [-0.05, 0) is 42.0 Å². The first-order valence-corrected chi connectivity index (χ1v) is 10.7. The van der Waals surface area contributed by atoms with Crippen LogP contribution < -0.4 is 15.9 Å². The monoisotopic (exact) mass is 478 g/mol. The number of nitrogens with one attached hydrogen (secondary N) is 2. The number of amides is 1. The van der Waals surface area contributed by atoms with Crippen molar-refractivity contribution in [3.63, 3.8) is 0 Å². The number of aromatic nitrogens is 1. The molecule has 0 saturated carbocycles. The highest BCUT2D eigenvalue weighted by Crippen LogP contribution is 2.28. The second-order valence-corrected chi connectivity index (χ2v) is 7.74. The molecule has 3 N–H and O–H groups in total. The molecule has 3 heterocycles. The summed E-state index contributed by atoms with van der Waals surface area (Å²) in [4.78, 5) is 22.5. The van der Waals surface area contributed by atoms with E-state index in [1.165, 1.54) is 4.90 Å². The summed E-state index contributed by atoms with van der Waals surface area (Å²) in [5, 5.41) is 15.8. The van der Waals surface area contributed by atoms with Gasteiger partial charge in [-0.25, -0.2) is 19.8 Å². The molecule has 2 aliphatic rings. The lowest BCUT2D eigenvalue weighted by Gasteiger charge is -2.25. The molecule has 9 nitrogen and oxygen atoms in total. The van der Waals surface area contributed by atoms with E-state index in [1.54, 1.807) is 24.7 Å². The first-order chi connectivity index (χ1) is 17.0. The zero-order valence-electron chi connectivity index (χ0n) is 18.3. The number of aliphatic hydroxyl groups excluding tert-OH is 1. The van der Waals surface area contributed by atoms with E-state index < -0.39 is 23.1 Å². The first-order valence-electron chi connectivity index (χ1n) is 10.7. The normalized spacial score (nSPS) is 14.5. The summed E-state index contributed by atoms with van der Waals surface area (Å²) in [6, 6.07) is 11.9. The molecule has 35 heavy (non-hydrogen) atoms. The van der Waals surface area contributed by atoms with Crippen LogP contribution >= 0.6 is 0 Å². The van der Waals surface area contributed by atoms with Crippen molar-refractivity contribution in [1.29, 1.82) is 0 Å². The summed E-state index contributed by atoms with van der Waals surface area (Å²) in [7, 11) is 0. The SMILES string of the molecule is O=C(NOCCO)c1c(F)cc(N2C=CC3=NNN(Cc4ccc5ncccc5c4)C3=C2)cc1F. The molecule has 1 aromatic heterocycles. The lowest BCUT2D eigenvalue weighted by Crippen LogP contribution is -2.31. The fraction of sp³-hybridized carbons (Fsp3) is 0.125. The number of halogens is 2. The lowest BCUT2D eigenvalue weighted by molar-refractivity contribution is 0.0162. The number of hydrogen-bond donors (Lipinski definition) is 3. The average Bonchev–Trinajstić information content (AvgIpc) is 3.25. The number of pyridine rings is 1. The van der Waals surface area contributed by atoms with Crippen molar-refractivity contribution in [3.05, 3.63) is 95.6 Å². The highest BCUT2D eigenvalue weighted by Gasteiger charge is 2.26. The van der Waals surface area contributed by atoms with E-state index >= 15 is 0 Å². The highest BCUT2D eigenvalue weighted by molar-refractivity contribution is 6.10. The predicted molar refractivity (Wildman–Crippen MR) is 124 cm³/mol. The van der Waals surface area contributed by atoms with Crippen molar-refractivity contribution in [2.24, 2.45) is 5.10 Å². The number of allylic oxidation sites excluding steroid dienone is 1. The number of anilines is 1. The maximum atomic E-state index is 14.7. The number of hydrogen-bond acceptors (Lipinski definition) is 8. The second kappa shape index (κ2) is 9.49. The van der Waals surface area contributed by atoms with Crippen LogP contribution in [0, 0.1) is 11.6 Å². The molecule has 178 valence electrons. The van der Waals surface area contributed by atoms with Crippen molar-refractivity contribution in [2.45, 2.75) is 6.54 Å². The van der Waals surface area contributed by atoms with Crippen LogP contribution in [-0.2, 0) is 11.4 Å². The van der Waals surface area contributed by atoms with E-state index in [4.69, 9.17) is 5.11 Å². The smallest absolute Gasteiger partial charge is 0.280 e. The first kappa shape index (κ1) is 22.4. The molecule has 2 aromatic carbocycles. The molecule has 2 aliphatic heterocycles. The maximum absolute atomic E-state index is 14.7. The minimum atomic E-state index is -1.08. The number of nitrogens with zero attached hydrogens (tertiary/aromatic N) is 4. The van der Waals surface area contributed by atoms with Crippen LogP contribution in [-0.4, -0.2) is 39.9 Å². The van der Waals surface area contributed by atoms with Gasteiger partial charge in [0.1, 0.15) is 28.6 Å². The van der Waals surface area contributed by atoms with Gasteiger partial charge in [-0.15, -0.1) is 0 Å². The largest absolute Gasteiger partial charge is 0.394 e. The van der Waals surface area contributed by atoms with E-state index in [-0.39, 0.29) is 18.9 Å². The molecule has 0 atom stereocenters. The van der Waals surface area contributed by atoms with E-state index in [9.17, 15) is 13.6 Å². The quantitative estimate of drug-likeness (QED) is 0.355. The van der Waals surface area contributed by atoms with Crippen LogP contribution in [0.3, 0.4) is 0 Å². The molecule has 0 aliphatic carbocycles. The van der Waals surface area contributed by atoms with Gasteiger partial charge in [-0.1, -0.05) is 12.1 Å². The molecule has 0 bridgehead atoms. The average molecular weight is 478 g/mol. The van der Waals surface area contributed by atoms with Crippen molar-refractivity contribution < 1.29 is 23.5 Å². The Morgan fingerprint density at radius 3 is 2.80 bits per heavy atom. The van der Waals surface area contributed by atoms with Crippen molar-refractivity contribution in [1.82, 2.24) is 21.0 Å². The molecular weight excluding hydrogens is 458 g/mol. The summed E-state index contributed by atoms with van der Waals surface area (Å²) >= 11 is 0. The van der Waals surface area contributed by atoms with Gasteiger partial charge >= 0.3 is 0 Å². The molecule has 0 spiro atoms. The molecule has 5 rings (SSSR count). The van der Waals surface area contributed by atoms with Crippen LogP contribution in [0.4, 0.5) is 14.5 Å². The Kier molecular flexibility index (Phi) is 6.08. The number of rotatable bonds is 7. The van der Waals surface area contributed by atoms with Crippen LogP contribution in [0.5, 0.6) is 0 Å². The Hall–Kier alpha value is -4.35. The molecule has 1 amide bonds. The highest BCUT2D eigenvalue weighted by atomic mass is 19.1. The van der Waals surface area contributed by atoms with Gasteiger partial charge in [-0.3, -0.25) is 19.6 Å². The molecule has 11 heteroatoms. The third-order valence-electron chi connectivity index (χ3n) is 5.42. The molecule has 0 unspecified atom stereocenters. The number of fused-ring (bicyclic) bond motifs is 2. The predicted octanol–water partition coefficient (Wildman–Crippen LogP) is 2.72. The number of carbonyl (C=O) groups excluding carboxylic acids is 1. The number of hydrazine groups is 1. The fourth-order valence-corrected chi connectivity index (χ4v) is 3.77. The summed E-state index contributed by atoms with van der Waals surface area (Å²) < 4.78 is 29.3. The summed E-state index contributed by atoms with van der Waals surface area (Å²) in [5.41, 5.74) is 7.56. The molecule has 0 saturated heterocycles. The molecule has 0 fully saturated rings. The van der Waals surface area contributed by atoms with Crippen molar-refractivity contribution in [3.8, 4) is 0 Å². The third-order valence-corrected chi connectivity index (χ3v) is 5.42. The van der Waals surface area contributed by atoms with E-state index in [0.717, 1.165) is 28.6 Å². The van der Waals surface area contributed by atoms with E-state index in [2.05, 4.69) is 20.5 Å². The van der Waals surface area contributed by atoms with Gasteiger partial charge in [0.15, 0.2) is 0 Å². The van der Waals surface area contributed by atoms with Gasteiger partial charge in [0.25, 0.3) is 5.91 Å². The van der Waals surface area contributed by atoms with Gasteiger partial charge in [-0.2, -0.15) is 5.10 Å². The minimum Gasteiger partial charge on any atom is -0.394 e. The van der Waals surface area contributed by atoms with Gasteiger partial charge in [0, 0.05) is 24.0 Å². The minimum absolute atomic E-state index is 0.180. The summed E-state index contributed by atoms with van der Waals surface area (Å²) in [6.07, 6.45) is 6.77. The molecule has 0 radical (unpaired) electrons. The maximum Gasteiger partial charge on any atom is 0.280 e. The summed E-state index contributed by atoms with van der Waals surface area (Å²) in [5.74, 6) is -3.19. The van der Waals surface area contributed by atoms with E-state index in [1.807, 2.05) is 40.8 Å². The van der Waals surface area contributed by atoms with Gasteiger partial charge < -0.3 is 10.0 Å². The Labute approximate surface area is 198 Å². The zero-order chi connectivity index (χ0) is 24.4. The van der Waals surface area contributed by atoms with Crippen LogP contribution in [0.25, 0.3) is 10.9 Å². The summed E-state index contributed by atoms with van der Waals surface area (Å²) in [6.45, 7) is -0.0693. The number of hydrazone groups is 1. The van der Waals surface area contributed by atoms with Crippen LogP contribution in [0.1, 0.15) is 15.9 Å². The molecule has 3 aromatic rings. The van der Waals surface area contributed by atoms with E-state index in [0.29, 0.717) is 18.0 Å². The van der Waals surface area contributed by atoms with Crippen molar-refractivity contribution in [2.75, 3.05) is 18.1 Å². The lowest BCUT2D eigenvalue weighted by atomic mass is 10.1. The number of carbonyl (C=O) groups is 1.